The van der Waals surface area contributed by atoms with E-state index >= 15 is 0 Å². The SMILES string of the molecule is CCC(CC)C(=O)NC[C@@H]1O[C@@H](CC(=O)N2CCN(C3CCCC[NH2+]3)CC2)[C@H](O)[C@@H]1O. The van der Waals surface area contributed by atoms with Crippen LogP contribution in [0.4, 0.5) is 0 Å². The van der Waals surface area contributed by atoms with Crippen LogP contribution in [0.25, 0.3) is 0 Å². The molecule has 0 aromatic carbocycles. The molecule has 0 saturated carbocycles. The van der Waals surface area contributed by atoms with E-state index in [4.69, 9.17) is 4.74 Å². The van der Waals surface area contributed by atoms with Gasteiger partial charge in [0.2, 0.25) is 11.8 Å². The number of hydrogen-bond donors (Lipinski definition) is 4. The molecule has 3 heterocycles. The Morgan fingerprint density at radius 1 is 1.06 bits per heavy atom. The van der Waals surface area contributed by atoms with Crippen LogP contribution in [0.2, 0.25) is 0 Å². The van der Waals surface area contributed by atoms with Crippen molar-refractivity contribution in [2.75, 3.05) is 39.3 Å². The number of nitrogens with zero attached hydrogens (tertiary/aromatic N) is 2. The number of amides is 2. The third-order valence-electron chi connectivity index (χ3n) is 7.20. The van der Waals surface area contributed by atoms with Crippen molar-refractivity contribution in [3.05, 3.63) is 0 Å². The van der Waals surface area contributed by atoms with Gasteiger partial charge in [0.25, 0.3) is 0 Å². The monoisotopic (exact) mass is 441 g/mol. The summed E-state index contributed by atoms with van der Waals surface area (Å²) in [5, 5.41) is 25.9. The minimum Gasteiger partial charge on any atom is -0.388 e. The largest absolute Gasteiger partial charge is 0.388 e. The van der Waals surface area contributed by atoms with Gasteiger partial charge in [-0.15, -0.1) is 0 Å². The Kier molecular flexibility index (Phi) is 9.09. The van der Waals surface area contributed by atoms with Gasteiger partial charge in [-0.25, -0.2) is 0 Å². The molecule has 1 unspecified atom stereocenters. The lowest BCUT2D eigenvalue weighted by molar-refractivity contribution is -0.717. The number of aliphatic hydroxyl groups excluding tert-OH is 2. The number of piperazine rings is 1. The van der Waals surface area contributed by atoms with Crippen LogP contribution in [0.1, 0.15) is 52.4 Å². The van der Waals surface area contributed by atoms with Crippen molar-refractivity contribution < 1.29 is 29.9 Å². The molecule has 5 atom stereocenters. The first kappa shape index (κ1) is 24.4. The van der Waals surface area contributed by atoms with Crippen molar-refractivity contribution in [1.29, 1.82) is 0 Å². The summed E-state index contributed by atoms with van der Waals surface area (Å²) in [6.45, 7) is 8.35. The molecule has 3 fully saturated rings. The van der Waals surface area contributed by atoms with E-state index in [-0.39, 0.29) is 30.7 Å². The van der Waals surface area contributed by atoms with Gasteiger partial charge in [0.15, 0.2) is 0 Å². The quantitative estimate of drug-likeness (QED) is 0.369. The first-order valence-corrected chi connectivity index (χ1v) is 12.1. The van der Waals surface area contributed by atoms with Crippen LogP contribution >= 0.6 is 0 Å². The molecule has 0 aromatic rings. The molecule has 2 amide bonds. The second-order valence-electron chi connectivity index (χ2n) is 9.16. The number of hydrogen-bond acceptors (Lipinski definition) is 6. The first-order chi connectivity index (χ1) is 14.9. The number of quaternary nitrogens is 1. The highest BCUT2D eigenvalue weighted by atomic mass is 16.5. The molecular formula is C22H41N4O5+. The van der Waals surface area contributed by atoms with Gasteiger partial charge >= 0.3 is 0 Å². The predicted molar refractivity (Wildman–Crippen MR) is 115 cm³/mol. The van der Waals surface area contributed by atoms with Gasteiger partial charge in [-0.2, -0.15) is 0 Å². The number of nitrogens with two attached hydrogens (primary N) is 1. The van der Waals surface area contributed by atoms with Crippen molar-refractivity contribution in [2.24, 2.45) is 5.92 Å². The molecule has 3 saturated heterocycles. The molecule has 5 N–H and O–H groups in total. The number of piperidine rings is 1. The maximum Gasteiger partial charge on any atom is 0.225 e. The molecule has 9 nitrogen and oxygen atoms in total. The summed E-state index contributed by atoms with van der Waals surface area (Å²) in [6, 6.07) is 0. The Bertz CT molecular complexity index is 588. The molecule has 0 aromatic heterocycles. The van der Waals surface area contributed by atoms with Crippen molar-refractivity contribution in [3.8, 4) is 0 Å². The number of carbonyl (C=O) groups excluding carboxylic acids is 2. The summed E-state index contributed by atoms with van der Waals surface area (Å²) >= 11 is 0. The third-order valence-corrected chi connectivity index (χ3v) is 7.20. The predicted octanol–water partition coefficient (Wildman–Crippen LogP) is -1.36. The summed E-state index contributed by atoms with van der Waals surface area (Å²) in [4.78, 5) is 29.3. The van der Waals surface area contributed by atoms with Crippen LogP contribution in [0, 0.1) is 5.92 Å². The average Bonchev–Trinajstić information content (AvgIpc) is 3.07. The molecular weight excluding hydrogens is 400 g/mol. The summed E-state index contributed by atoms with van der Waals surface area (Å²) in [5.74, 6) is -0.182. The maximum atomic E-state index is 12.8. The third kappa shape index (κ3) is 6.16. The fourth-order valence-electron chi connectivity index (χ4n) is 5.03. The Hall–Kier alpha value is -1.26. The fraction of sp³-hybridized carbons (Fsp3) is 0.909. The minimum absolute atomic E-state index is 0.0464. The van der Waals surface area contributed by atoms with Gasteiger partial charge in [0.05, 0.1) is 19.1 Å². The van der Waals surface area contributed by atoms with E-state index in [0.717, 1.165) is 25.9 Å². The maximum absolute atomic E-state index is 12.8. The molecule has 178 valence electrons. The zero-order valence-electron chi connectivity index (χ0n) is 19.0. The van der Waals surface area contributed by atoms with Gasteiger partial charge in [-0.3, -0.25) is 14.5 Å². The highest BCUT2D eigenvalue weighted by molar-refractivity contribution is 5.78. The molecule has 3 aliphatic rings. The Labute approximate surface area is 185 Å². The number of carbonyl (C=O) groups is 2. The normalized spacial score (nSPS) is 32.4. The van der Waals surface area contributed by atoms with Crippen molar-refractivity contribution in [3.63, 3.8) is 0 Å². The molecule has 3 rings (SSSR count). The topological polar surface area (TPSA) is 119 Å². The molecule has 9 heteroatoms. The number of nitrogens with one attached hydrogen (secondary N) is 1. The van der Waals surface area contributed by atoms with Crippen LogP contribution in [0.3, 0.4) is 0 Å². The molecule has 0 spiro atoms. The Morgan fingerprint density at radius 3 is 2.35 bits per heavy atom. The van der Waals surface area contributed by atoms with Gasteiger partial charge in [-0.05, 0) is 25.7 Å². The van der Waals surface area contributed by atoms with Crippen LogP contribution in [-0.4, -0.2) is 102 Å². The van der Waals surface area contributed by atoms with E-state index in [0.29, 0.717) is 19.3 Å². The highest BCUT2D eigenvalue weighted by Gasteiger charge is 2.44. The Balaban J connectivity index is 1.43. The average molecular weight is 442 g/mol. The van der Waals surface area contributed by atoms with Crippen LogP contribution in [0.5, 0.6) is 0 Å². The van der Waals surface area contributed by atoms with Crippen molar-refractivity contribution >= 4 is 11.8 Å². The van der Waals surface area contributed by atoms with E-state index in [9.17, 15) is 19.8 Å². The molecule has 0 bridgehead atoms. The molecule has 31 heavy (non-hydrogen) atoms. The summed E-state index contributed by atoms with van der Waals surface area (Å²) in [6.07, 6.45) is 2.17. The smallest absolute Gasteiger partial charge is 0.225 e. The van der Waals surface area contributed by atoms with Crippen LogP contribution < -0.4 is 10.6 Å². The number of ether oxygens (including phenoxy) is 1. The van der Waals surface area contributed by atoms with Crippen molar-refractivity contribution in [1.82, 2.24) is 15.1 Å². The zero-order chi connectivity index (χ0) is 22.4. The highest BCUT2D eigenvalue weighted by Crippen LogP contribution is 2.24. The van der Waals surface area contributed by atoms with Gasteiger partial charge in [-0.1, -0.05) is 13.8 Å². The minimum atomic E-state index is -1.13. The lowest BCUT2D eigenvalue weighted by atomic mass is 10.0. The molecule has 3 aliphatic heterocycles. The van der Waals surface area contributed by atoms with Gasteiger partial charge in [0, 0.05) is 45.1 Å². The zero-order valence-corrected chi connectivity index (χ0v) is 19.0. The number of aliphatic hydroxyl groups is 2. The van der Waals surface area contributed by atoms with Crippen molar-refractivity contribution in [2.45, 2.75) is 83.0 Å². The molecule has 0 radical (unpaired) electrons. The van der Waals surface area contributed by atoms with E-state index in [1.807, 2.05) is 18.7 Å². The lowest BCUT2D eigenvalue weighted by Gasteiger charge is -2.39. The number of rotatable bonds is 8. The second-order valence-corrected chi connectivity index (χ2v) is 9.16. The van der Waals surface area contributed by atoms with E-state index in [1.165, 1.54) is 25.8 Å². The van der Waals surface area contributed by atoms with Crippen LogP contribution in [0.15, 0.2) is 0 Å². The summed E-state index contributed by atoms with van der Waals surface area (Å²) in [5.41, 5.74) is 0. The fourth-order valence-corrected chi connectivity index (χ4v) is 5.03. The van der Waals surface area contributed by atoms with Gasteiger partial charge in [0.1, 0.15) is 24.5 Å². The first-order valence-electron chi connectivity index (χ1n) is 12.1. The summed E-state index contributed by atoms with van der Waals surface area (Å²) < 4.78 is 5.78. The van der Waals surface area contributed by atoms with Gasteiger partial charge < -0.3 is 30.5 Å². The Morgan fingerprint density at radius 2 is 1.74 bits per heavy atom. The molecule has 0 aliphatic carbocycles. The summed E-state index contributed by atoms with van der Waals surface area (Å²) in [7, 11) is 0. The van der Waals surface area contributed by atoms with E-state index < -0.39 is 24.4 Å². The standard InChI is InChI=1S/C22H40N4O5/c1-3-15(4-2)22(30)24-14-17-21(29)20(28)16(31-17)13-19(27)26-11-9-25(10-12-26)18-7-5-6-8-23-18/h15-18,20-21,23,28-29H,3-14H2,1-2H3,(H,24,30)/p+1/t16-,17-,18?,20-,21+/m0/s1. The van der Waals surface area contributed by atoms with E-state index in [2.05, 4.69) is 15.5 Å². The van der Waals surface area contributed by atoms with Crippen LogP contribution in [-0.2, 0) is 14.3 Å². The van der Waals surface area contributed by atoms with E-state index in [1.54, 1.807) is 0 Å². The second kappa shape index (κ2) is 11.6. The lowest BCUT2D eigenvalue weighted by Crippen LogP contribution is -2.95.